The summed E-state index contributed by atoms with van der Waals surface area (Å²) in [6, 6.07) is -0.319. The fraction of sp³-hybridized carbons (Fsp3) is 0.833. The van der Waals surface area contributed by atoms with Gasteiger partial charge in [0.1, 0.15) is 0 Å². The molecule has 1 rings (SSSR count). The van der Waals surface area contributed by atoms with Crippen LogP contribution in [0.25, 0.3) is 0 Å². The van der Waals surface area contributed by atoms with Gasteiger partial charge in [0.05, 0.1) is 19.1 Å². The van der Waals surface area contributed by atoms with Gasteiger partial charge in [0.2, 0.25) is 0 Å². The van der Waals surface area contributed by atoms with Gasteiger partial charge in [0.15, 0.2) is 0 Å². The number of carbonyl (C=O) groups is 2. The van der Waals surface area contributed by atoms with Crippen molar-refractivity contribution in [1.29, 1.82) is 0 Å². The van der Waals surface area contributed by atoms with Crippen LogP contribution in [0, 0.1) is 11.3 Å². The monoisotopic (exact) mass is 258 g/mol. The molecule has 2 amide bonds. The zero-order valence-corrected chi connectivity index (χ0v) is 11.6. The maximum Gasteiger partial charge on any atom is 0.407 e. The highest BCUT2D eigenvalue weighted by Crippen LogP contribution is 2.37. The number of rotatable bonds is 2. The van der Waals surface area contributed by atoms with E-state index in [1.165, 1.54) is 17.1 Å². The van der Waals surface area contributed by atoms with Crippen molar-refractivity contribution in [3.8, 4) is 0 Å². The predicted octanol–water partition coefficient (Wildman–Crippen LogP) is 1.42. The van der Waals surface area contributed by atoms with E-state index >= 15 is 0 Å². The minimum absolute atomic E-state index is 0.166. The Balaban J connectivity index is 2.99. The Hall–Kier alpha value is -1.30. The minimum atomic E-state index is -0.967. The highest BCUT2D eigenvalue weighted by molar-refractivity contribution is 5.80. The first kappa shape index (κ1) is 14.8. The molecule has 104 valence electrons. The quantitative estimate of drug-likeness (QED) is 0.760. The van der Waals surface area contributed by atoms with Crippen LogP contribution in [0.15, 0.2) is 0 Å². The molecular weight excluding hydrogens is 236 g/mol. The highest BCUT2D eigenvalue weighted by atomic mass is 16.7. The molecule has 0 bridgehead atoms. The average molecular weight is 258 g/mol. The molecule has 6 heteroatoms. The standard InChI is InChI=1S/C12H22N2O4/c1-12(2,3)9-8(10(15)13(4)18-5)6-7-14(9)11(16)17/h8-9H,6-7H2,1-5H3,(H,16,17)/t8-,9?/m1/s1. The number of amides is 2. The zero-order chi connectivity index (χ0) is 14.1. The van der Waals surface area contributed by atoms with Crippen molar-refractivity contribution in [3.05, 3.63) is 0 Å². The van der Waals surface area contributed by atoms with Gasteiger partial charge in [-0.15, -0.1) is 0 Å². The zero-order valence-electron chi connectivity index (χ0n) is 11.6. The SMILES string of the molecule is CON(C)C(=O)[C@@H]1CCN(C(=O)O)C1C(C)(C)C. The van der Waals surface area contributed by atoms with E-state index in [0.29, 0.717) is 13.0 Å². The van der Waals surface area contributed by atoms with Crippen LogP contribution in [0.4, 0.5) is 4.79 Å². The van der Waals surface area contributed by atoms with E-state index in [0.717, 1.165) is 0 Å². The van der Waals surface area contributed by atoms with Crippen LogP contribution >= 0.6 is 0 Å². The smallest absolute Gasteiger partial charge is 0.407 e. The van der Waals surface area contributed by atoms with Crippen molar-refractivity contribution in [3.63, 3.8) is 0 Å². The van der Waals surface area contributed by atoms with Gasteiger partial charge in [-0.2, -0.15) is 0 Å². The average Bonchev–Trinajstić information content (AvgIpc) is 2.71. The molecule has 1 N–H and O–H groups in total. The first-order chi connectivity index (χ1) is 8.20. The molecule has 1 aliphatic rings. The van der Waals surface area contributed by atoms with Crippen LogP contribution in [0.1, 0.15) is 27.2 Å². The van der Waals surface area contributed by atoms with Gasteiger partial charge in [0, 0.05) is 13.6 Å². The Bertz CT molecular complexity index is 337. The first-order valence-corrected chi connectivity index (χ1v) is 6.01. The summed E-state index contributed by atoms with van der Waals surface area (Å²) >= 11 is 0. The molecule has 0 aromatic rings. The van der Waals surface area contributed by atoms with Gasteiger partial charge in [0.25, 0.3) is 5.91 Å². The topological polar surface area (TPSA) is 70.1 Å². The van der Waals surface area contributed by atoms with Crippen molar-refractivity contribution < 1.29 is 19.5 Å². The van der Waals surface area contributed by atoms with E-state index in [9.17, 15) is 14.7 Å². The summed E-state index contributed by atoms with van der Waals surface area (Å²) in [7, 11) is 2.97. The minimum Gasteiger partial charge on any atom is -0.465 e. The summed E-state index contributed by atoms with van der Waals surface area (Å²) < 4.78 is 0. The Morgan fingerprint density at radius 3 is 2.33 bits per heavy atom. The molecule has 0 aliphatic carbocycles. The van der Waals surface area contributed by atoms with Crippen LogP contribution in [-0.4, -0.2) is 53.8 Å². The molecule has 0 spiro atoms. The van der Waals surface area contributed by atoms with E-state index in [4.69, 9.17) is 4.84 Å². The van der Waals surface area contributed by atoms with Gasteiger partial charge < -0.3 is 10.0 Å². The Kier molecular flexibility index (Phi) is 4.21. The lowest BCUT2D eigenvalue weighted by Crippen LogP contribution is -2.49. The number of likely N-dealkylation sites (tertiary alicyclic amines) is 1. The molecule has 1 saturated heterocycles. The molecule has 0 aromatic heterocycles. The first-order valence-electron chi connectivity index (χ1n) is 6.01. The summed E-state index contributed by atoms with van der Waals surface area (Å²) in [5.74, 6) is -0.507. The maximum absolute atomic E-state index is 12.2. The van der Waals surface area contributed by atoms with Gasteiger partial charge in [-0.25, -0.2) is 9.86 Å². The molecular formula is C12H22N2O4. The molecule has 0 aromatic carbocycles. The summed E-state index contributed by atoms with van der Waals surface area (Å²) in [5, 5.41) is 10.4. The van der Waals surface area contributed by atoms with Crippen LogP contribution in [0.3, 0.4) is 0 Å². The lowest BCUT2D eigenvalue weighted by molar-refractivity contribution is -0.175. The van der Waals surface area contributed by atoms with Crippen LogP contribution in [0.5, 0.6) is 0 Å². The van der Waals surface area contributed by atoms with Crippen LogP contribution in [0.2, 0.25) is 0 Å². The lowest BCUT2D eigenvalue weighted by Gasteiger charge is -2.37. The number of carbonyl (C=O) groups excluding carboxylic acids is 1. The number of hydroxylamine groups is 2. The molecule has 0 saturated carbocycles. The lowest BCUT2D eigenvalue weighted by atomic mass is 9.79. The van der Waals surface area contributed by atoms with Crippen LogP contribution < -0.4 is 0 Å². The molecule has 1 fully saturated rings. The largest absolute Gasteiger partial charge is 0.465 e. The van der Waals surface area contributed by atoms with Crippen molar-refractivity contribution in [2.75, 3.05) is 20.7 Å². The second-order valence-electron chi connectivity index (χ2n) is 5.70. The summed E-state index contributed by atoms with van der Waals surface area (Å²) in [5.41, 5.74) is -0.288. The van der Waals surface area contributed by atoms with Gasteiger partial charge in [-0.1, -0.05) is 20.8 Å². The van der Waals surface area contributed by atoms with Crippen molar-refractivity contribution in [2.45, 2.75) is 33.2 Å². The normalized spacial score (nSPS) is 24.2. The van der Waals surface area contributed by atoms with Crippen molar-refractivity contribution in [2.24, 2.45) is 11.3 Å². The van der Waals surface area contributed by atoms with Crippen molar-refractivity contribution >= 4 is 12.0 Å². The third kappa shape index (κ3) is 2.75. The number of nitrogens with zero attached hydrogens (tertiary/aromatic N) is 2. The summed E-state index contributed by atoms with van der Waals surface area (Å²) in [6.45, 7) is 6.25. The number of hydrogen-bond donors (Lipinski definition) is 1. The van der Waals surface area contributed by atoms with Gasteiger partial charge in [-0.05, 0) is 11.8 Å². The Morgan fingerprint density at radius 2 is 1.94 bits per heavy atom. The molecule has 6 nitrogen and oxygen atoms in total. The van der Waals surface area contributed by atoms with Gasteiger partial charge in [-0.3, -0.25) is 9.63 Å². The third-order valence-corrected chi connectivity index (χ3v) is 3.43. The van der Waals surface area contributed by atoms with E-state index < -0.39 is 6.09 Å². The van der Waals surface area contributed by atoms with Gasteiger partial charge >= 0.3 is 6.09 Å². The third-order valence-electron chi connectivity index (χ3n) is 3.43. The number of carboxylic acid groups (broad SMARTS) is 1. The molecule has 1 heterocycles. The van der Waals surface area contributed by atoms with E-state index in [1.807, 2.05) is 20.8 Å². The van der Waals surface area contributed by atoms with E-state index in [-0.39, 0.29) is 23.3 Å². The maximum atomic E-state index is 12.2. The van der Waals surface area contributed by atoms with E-state index in [1.54, 1.807) is 7.05 Å². The fourth-order valence-corrected chi connectivity index (χ4v) is 2.66. The molecule has 18 heavy (non-hydrogen) atoms. The van der Waals surface area contributed by atoms with Crippen molar-refractivity contribution in [1.82, 2.24) is 9.96 Å². The predicted molar refractivity (Wildman–Crippen MR) is 65.9 cm³/mol. The molecule has 1 aliphatic heterocycles. The fourth-order valence-electron chi connectivity index (χ4n) is 2.66. The summed E-state index contributed by atoms with van der Waals surface area (Å²) in [6.07, 6.45) is -0.425. The van der Waals surface area contributed by atoms with Crippen LogP contribution in [-0.2, 0) is 9.63 Å². The highest BCUT2D eigenvalue weighted by Gasteiger charge is 2.47. The molecule has 2 atom stereocenters. The molecule has 1 unspecified atom stereocenters. The summed E-state index contributed by atoms with van der Waals surface area (Å²) in [4.78, 5) is 29.7. The Morgan fingerprint density at radius 1 is 1.39 bits per heavy atom. The second kappa shape index (κ2) is 5.14. The molecule has 0 radical (unpaired) electrons. The second-order valence-corrected chi connectivity index (χ2v) is 5.70. The Labute approximate surface area is 107 Å². The van der Waals surface area contributed by atoms with E-state index in [2.05, 4.69) is 0 Å². The number of hydrogen-bond acceptors (Lipinski definition) is 3.